The Kier molecular flexibility index (Phi) is 10.2. The molecule has 10 heteroatoms. The van der Waals surface area contributed by atoms with Gasteiger partial charge in [-0.3, -0.25) is 14.7 Å². The maximum absolute atomic E-state index is 13.5. The summed E-state index contributed by atoms with van der Waals surface area (Å²) in [5, 5.41) is 11.6. The molecule has 37 heavy (non-hydrogen) atoms. The van der Waals surface area contributed by atoms with Crippen LogP contribution in [0.2, 0.25) is 10.0 Å². The Bertz CT molecular complexity index is 1050. The van der Waals surface area contributed by atoms with E-state index in [9.17, 15) is 9.59 Å². The minimum absolute atomic E-state index is 0.0514. The summed E-state index contributed by atoms with van der Waals surface area (Å²) in [7, 11) is 0. The Morgan fingerprint density at radius 1 is 1.05 bits per heavy atom. The number of amides is 2. The van der Waals surface area contributed by atoms with Gasteiger partial charge in [0, 0.05) is 17.1 Å². The van der Waals surface area contributed by atoms with Gasteiger partial charge in [-0.05, 0) is 49.8 Å². The van der Waals surface area contributed by atoms with Crippen molar-refractivity contribution in [3.63, 3.8) is 0 Å². The lowest BCUT2D eigenvalue weighted by Crippen LogP contribution is -2.49. The van der Waals surface area contributed by atoms with Crippen molar-refractivity contribution in [2.75, 3.05) is 5.75 Å². The third-order valence-electron chi connectivity index (χ3n) is 7.45. The molecule has 2 saturated carbocycles. The predicted octanol–water partition coefficient (Wildman–Crippen LogP) is 6.82. The van der Waals surface area contributed by atoms with E-state index in [0.717, 1.165) is 25.7 Å². The normalized spacial score (nSPS) is 18.1. The largest absolute Gasteiger partial charge is 0.342 e. The zero-order chi connectivity index (χ0) is 26.4. The molecule has 1 aromatic heterocycles. The molecule has 1 heterocycles. The van der Waals surface area contributed by atoms with E-state index in [2.05, 4.69) is 25.4 Å². The van der Waals surface area contributed by atoms with Gasteiger partial charge in [-0.15, -0.1) is 5.10 Å². The monoisotopic (exact) mass is 565 g/mol. The Hall–Kier alpha value is -1.77. The average molecular weight is 567 g/mol. The van der Waals surface area contributed by atoms with Crippen LogP contribution in [0.15, 0.2) is 23.4 Å². The molecule has 202 valence electrons. The molecular formula is C27H37Cl2N5O2S. The summed E-state index contributed by atoms with van der Waals surface area (Å²) in [5.41, 5.74) is 0.349. The van der Waals surface area contributed by atoms with Gasteiger partial charge < -0.3 is 10.2 Å². The fraction of sp³-hybridized carbons (Fsp3) is 0.630. The predicted molar refractivity (Wildman–Crippen MR) is 149 cm³/mol. The smallest absolute Gasteiger partial charge is 0.253 e. The minimum Gasteiger partial charge on any atom is -0.342 e. The molecule has 2 aliphatic carbocycles. The van der Waals surface area contributed by atoms with E-state index in [1.165, 1.54) is 50.3 Å². The summed E-state index contributed by atoms with van der Waals surface area (Å²) in [6.07, 6.45) is 11.9. The SMILES string of the molecule is CC(C)[C@@H](NC(=O)c1ccc(Cl)cc1Cl)c1nc(SCC(=O)N(C2CCCCC2)C2CCCCC2)n[nH]1. The second kappa shape index (κ2) is 13.3. The van der Waals surface area contributed by atoms with Crippen molar-refractivity contribution < 1.29 is 9.59 Å². The van der Waals surface area contributed by atoms with E-state index in [1.54, 1.807) is 18.2 Å². The number of carbonyl (C=O) groups excluding carboxylic acids is 2. The number of thioether (sulfide) groups is 1. The second-order valence-corrected chi connectivity index (χ2v) is 12.3. The van der Waals surface area contributed by atoms with Crippen molar-refractivity contribution in [1.82, 2.24) is 25.4 Å². The maximum atomic E-state index is 13.5. The molecule has 2 fully saturated rings. The van der Waals surface area contributed by atoms with Crippen LogP contribution in [0, 0.1) is 5.92 Å². The molecule has 2 N–H and O–H groups in total. The summed E-state index contributed by atoms with van der Waals surface area (Å²) in [4.78, 5) is 33.2. The van der Waals surface area contributed by atoms with Crippen LogP contribution in [0.25, 0.3) is 0 Å². The summed E-state index contributed by atoms with van der Waals surface area (Å²) in [5.74, 6) is 0.817. The lowest BCUT2D eigenvalue weighted by Gasteiger charge is -2.41. The Morgan fingerprint density at radius 3 is 2.24 bits per heavy atom. The number of H-pyrrole nitrogens is 1. The molecule has 4 rings (SSSR count). The first-order valence-electron chi connectivity index (χ1n) is 13.5. The van der Waals surface area contributed by atoms with E-state index >= 15 is 0 Å². The van der Waals surface area contributed by atoms with Gasteiger partial charge in [-0.1, -0.05) is 87.3 Å². The standard InChI is InChI=1S/C27H37Cl2N5O2S/c1-17(2)24(30-26(36)21-14-13-18(28)15-22(21)29)25-31-27(33-32-25)37-16-23(35)34(19-9-5-3-6-10-19)20-11-7-4-8-12-20/h13-15,17,19-20,24H,3-12,16H2,1-2H3,(H,30,36)(H,31,32,33)/t24-/m1/s1. The van der Waals surface area contributed by atoms with Crippen LogP contribution in [-0.4, -0.2) is 49.7 Å². The number of hydrogen-bond acceptors (Lipinski definition) is 5. The maximum Gasteiger partial charge on any atom is 0.253 e. The summed E-state index contributed by atoms with van der Waals surface area (Å²) in [6.45, 7) is 4.00. The van der Waals surface area contributed by atoms with Gasteiger partial charge in [0.2, 0.25) is 11.1 Å². The average Bonchev–Trinajstić information content (AvgIpc) is 3.36. The highest BCUT2D eigenvalue weighted by atomic mass is 35.5. The molecular weight excluding hydrogens is 529 g/mol. The van der Waals surface area contributed by atoms with Gasteiger partial charge in [-0.2, -0.15) is 0 Å². The number of aromatic amines is 1. The molecule has 0 unspecified atom stereocenters. The quantitative estimate of drug-likeness (QED) is 0.325. The molecule has 7 nitrogen and oxygen atoms in total. The van der Waals surface area contributed by atoms with Gasteiger partial charge in [0.05, 0.1) is 22.4 Å². The fourth-order valence-corrected chi connectivity index (χ4v) is 6.70. The summed E-state index contributed by atoms with van der Waals surface area (Å²) >= 11 is 13.6. The van der Waals surface area contributed by atoms with Gasteiger partial charge in [0.25, 0.3) is 5.91 Å². The first kappa shape index (κ1) is 28.2. The molecule has 0 aliphatic heterocycles. The molecule has 2 aromatic rings. The molecule has 1 aromatic carbocycles. The molecule has 2 amide bonds. The highest BCUT2D eigenvalue weighted by Gasteiger charge is 2.32. The van der Waals surface area contributed by atoms with Crippen LogP contribution in [0.3, 0.4) is 0 Å². The zero-order valence-electron chi connectivity index (χ0n) is 21.6. The number of halogens is 2. The number of aromatic nitrogens is 3. The Labute approximate surface area is 233 Å². The zero-order valence-corrected chi connectivity index (χ0v) is 24.0. The summed E-state index contributed by atoms with van der Waals surface area (Å²) in [6, 6.07) is 5.14. The second-order valence-electron chi connectivity index (χ2n) is 10.5. The topological polar surface area (TPSA) is 91.0 Å². The molecule has 0 spiro atoms. The van der Waals surface area contributed by atoms with E-state index in [0.29, 0.717) is 44.4 Å². The van der Waals surface area contributed by atoms with Crippen LogP contribution in [0.4, 0.5) is 0 Å². The van der Waals surface area contributed by atoms with E-state index in [1.807, 2.05) is 13.8 Å². The number of hydrogen-bond donors (Lipinski definition) is 2. The Balaban J connectivity index is 1.40. The van der Waals surface area contributed by atoms with Crippen molar-refractivity contribution >= 4 is 46.8 Å². The number of carbonyl (C=O) groups is 2. The van der Waals surface area contributed by atoms with E-state index in [4.69, 9.17) is 23.2 Å². The van der Waals surface area contributed by atoms with Crippen LogP contribution < -0.4 is 5.32 Å². The van der Waals surface area contributed by atoms with Crippen LogP contribution in [-0.2, 0) is 4.79 Å². The van der Waals surface area contributed by atoms with Gasteiger partial charge in [-0.25, -0.2) is 4.98 Å². The number of nitrogens with zero attached hydrogens (tertiary/aromatic N) is 3. The van der Waals surface area contributed by atoms with Crippen molar-refractivity contribution in [1.29, 1.82) is 0 Å². The van der Waals surface area contributed by atoms with Crippen molar-refractivity contribution in [2.45, 2.75) is 101 Å². The van der Waals surface area contributed by atoms with Crippen molar-refractivity contribution in [3.8, 4) is 0 Å². The molecule has 0 saturated heterocycles. The number of nitrogens with one attached hydrogen (secondary N) is 2. The Morgan fingerprint density at radius 2 is 1.68 bits per heavy atom. The summed E-state index contributed by atoms with van der Waals surface area (Å²) < 4.78 is 0. The number of benzene rings is 1. The highest BCUT2D eigenvalue weighted by molar-refractivity contribution is 7.99. The lowest BCUT2D eigenvalue weighted by molar-refractivity contribution is -0.135. The first-order chi connectivity index (χ1) is 17.8. The van der Waals surface area contributed by atoms with Crippen molar-refractivity contribution in [3.05, 3.63) is 39.6 Å². The third kappa shape index (κ3) is 7.42. The lowest BCUT2D eigenvalue weighted by atomic mass is 9.88. The van der Waals surface area contributed by atoms with E-state index in [-0.39, 0.29) is 17.7 Å². The van der Waals surface area contributed by atoms with Gasteiger partial charge >= 0.3 is 0 Å². The van der Waals surface area contributed by atoms with Crippen LogP contribution in [0.1, 0.15) is 100 Å². The molecule has 2 aliphatic rings. The van der Waals surface area contributed by atoms with Gasteiger partial charge in [0.15, 0.2) is 0 Å². The molecule has 0 bridgehead atoms. The third-order valence-corrected chi connectivity index (χ3v) is 8.83. The molecule has 0 radical (unpaired) electrons. The minimum atomic E-state index is -0.391. The van der Waals surface area contributed by atoms with Crippen LogP contribution in [0.5, 0.6) is 0 Å². The fourth-order valence-electron chi connectivity index (χ4n) is 5.53. The van der Waals surface area contributed by atoms with Crippen LogP contribution >= 0.6 is 35.0 Å². The van der Waals surface area contributed by atoms with Crippen molar-refractivity contribution in [2.24, 2.45) is 5.92 Å². The highest BCUT2D eigenvalue weighted by Crippen LogP contribution is 2.31. The number of rotatable bonds is 9. The van der Waals surface area contributed by atoms with E-state index < -0.39 is 6.04 Å². The first-order valence-corrected chi connectivity index (χ1v) is 15.2. The van der Waals surface area contributed by atoms with Gasteiger partial charge in [0.1, 0.15) is 5.82 Å². The molecule has 1 atom stereocenters.